The third kappa shape index (κ3) is 4.57. The lowest BCUT2D eigenvalue weighted by Crippen LogP contribution is -2.12. The Balaban J connectivity index is 1.22. The van der Waals surface area contributed by atoms with Crippen molar-refractivity contribution >= 4 is 71.3 Å². The van der Waals surface area contributed by atoms with E-state index >= 15 is 0 Å². The molecule has 0 aliphatic carbocycles. The van der Waals surface area contributed by atoms with Crippen LogP contribution in [0.5, 0.6) is 0 Å². The maximum absolute atomic E-state index is 6.50. The third-order valence-corrected chi connectivity index (χ3v) is 10.0. The number of para-hydroxylation sites is 1. The van der Waals surface area contributed by atoms with E-state index in [0.717, 1.165) is 55.5 Å². The van der Waals surface area contributed by atoms with Crippen LogP contribution in [0.3, 0.4) is 0 Å². The SMILES string of the molecule is c1ccc(-c2cccc(N(c3ccccc3-c3ccc4oc5c6ccccc6ccc5c4c3)c3cccc4c3ccc3ccccc34)c2)cc1. The molecule has 9 aromatic carbocycles. The molecule has 2 heteroatoms. The first-order chi connectivity index (χ1) is 24.8. The lowest BCUT2D eigenvalue weighted by Gasteiger charge is -2.29. The fourth-order valence-electron chi connectivity index (χ4n) is 7.67. The zero-order chi connectivity index (χ0) is 33.0. The number of fused-ring (bicyclic) bond motifs is 8. The minimum atomic E-state index is 0.894. The van der Waals surface area contributed by atoms with Crippen molar-refractivity contribution in [2.24, 2.45) is 0 Å². The van der Waals surface area contributed by atoms with Gasteiger partial charge in [0.2, 0.25) is 0 Å². The van der Waals surface area contributed by atoms with Crippen LogP contribution in [0.1, 0.15) is 0 Å². The molecule has 10 aromatic rings. The topological polar surface area (TPSA) is 16.4 Å². The van der Waals surface area contributed by atoms with Crippen LogP contribution in [0.4, 0.5) is 17.1 Å². The van der Waals surface area contributed by atoms with Crippen molar-refractivity contribution in [1.29, 1.82) is 0 Å². The van der Waals surface area contributed by atoms with Crippen molar-refractivity contribution in [3.05, 3.63) is 188 Å². The predicted octanol–water partition coefficient (Wildman–Crippen LogP) is 13.8. The van der Waals surface area contributed by atoms with Gasteiger partial charge in [-0.2, -0.15) is 0 Å². The van der Waals surface area contributed by atoms with E-state index in [1.165, 1.54) is 38.1 Å². The van der Waals surface area contributed by atoms with Gasteiger partial charge >= 0.3 is 0 Å². The van der Waals surface area contributed by atoms with Gasteiger partial charge in [0.05, 0.1) is 11.4 Å². The van der Waals surface area contributed by atoms with Gasteiger partial charge in [-0.15, -0.1) is 0 Å². The number of hydrogen-bond acceptors (Lipinski definition) is 2. The number of hydrogen-bond donors (Lipinski definition) is 0. The van der Waals surface area contributed by atoms with Crippen LogP contribution in [0, 0.1) is 0 Å². The molecule has 0 radical (unpaired) electrons. The normalized spacial score (nSPS) is 11.6. The summed E-state index contributed by atoms with van der Waals surface area (Å²) in [7, 11) is 0. The summed E-state index contributed by atoms with van der Waals surface area (Å²) in [6.45, 7) is 0. The Bertz CT molecular complexity index is 2880. The van der Waals surface area contributed by atoms with Gasteiger partial charge in [-0.3, -0.25) is 0 Å². The van der Waals surface area contributed by atoms with E-state index in [0.29, 0.717) is 0 Å². The summed E-state index contributed by atoms with van der Waals surface area (Å²) >= 11 is 0. The molecule has 0 unspecified atom stereocenters. The van der Waals surface area contributed by atoms with Crippen LogP contribution >= 0.6 is 0 Å². The molecule has 0 saturated carbocycles. The smallest absolute Gasteiger partial charge is 0.143 e. The average molecular weight is 638 g/mol. The Morgan fingerprint density at radius 1 is 0.340 bits per heavy atom. The second-order valence-corrected chi connectivity index (χ2v) is 12.9. The highest BCUT2D eigenvalue weighted by atomic mass is 16.3. The molecule has 0 fully saturated rings. The van der Waals surface area contributed by atoms with Crippen LogP contribution in [0.25, 0.3) is 76.5 Å². The zero-order valence-corrected chi connectivity index (χ0v) is 27.3. The summed E-state index contributed by atoms with van der Waals surface area (Å²) < 4.78 is 6.50. The van der Waals surface area contributed by atoms with Gasteiger partial charge < -0.3 is 9.32 Å². The molecule has 234 valence electrons. The van der Waals surface area contributed by atoms with Crippen LogP contribution in [-0.2, 0) is 0 Å². The summed E-state index contributed by atoms with van der Waals surface area (Å²) in [5.74, 6) is 0. The molecule has 0 aliphatic rings. The summed E-state index contributed by atoms with van der Waals surface area (Å²) in [6, 6.07) is 67.6. The van der Waals surface area contributed by atoms with E-state index in [9.17, 15) is 0 Å². The molecule has 0 amide bonds. The third-order valence-electron chi connectivity index (χ3n) is 10.0. The fourth-order valence-corrected chi connectivity index (χ4v) is 7.67. The van der Waals surface area contributed by atoms with Crippen LogP contribution in [0.15, 0.2) is 192 Å². The van der Waals surface area contributed by atoms with Gasteiger partial charge in [0.25, 0.3) is 0 Å². The monoisotopic (exact) mass is 637 g/mol. The first-order valence-electron chi connectivity index (χ1n) is 17.1. The summed E-state index contributed by atoms with van der Waals surface area (Å²) in [6.07, 6.45) is 0. The van der Waals surface area contributed by atoms with Crippen molar-refractivity contribution in [3.63, 3.8) is 0 Å². The molecular weight excluding hydrogens is 607 g/mol. The molecule has 0 aliphatic heterocycles. The van der Waals surface area contributed by atoms with Crippen molar-refractivity contribution in [3.8, 4) is 22.3 Å². The first-order valence-corrected chi connectivity index (χ1v) is 17.1. The van der Waals surface area contributed by atoms with E-state index in [1.807, 2.05) is 0 Å². The zero-order valence-electron chi connectivity index (χ0n) is 27.3. The van der Waals surface area contributed by atoms with Gasteiger partial charge in [0.1, 0.15) is 11.2 Å². The maximum atomic E-state index is 6.50. The largest absolute Gasteiger partial charge is 0.455 e. The number of anilines is 3. The molecule has 2 nitrogen and oxygen atoms in total. The highest BCUT2D eigenvalue weighted by molar-refractivity contribution is 6.16. The Morgan fingerprint density at radius 2 is 1.00 bits per heavy atom. The lowest BCUT2D eigenvalue weighted by molar-refractivity contribution is 0.672. The van der Waals surface area contributed by atoms with E-state index < -0.39 is 0 Å². The van der Waals surface area contributed by atoms with Crippen LogP contribution < -0.4 is 4.90 Å². The molecule has 50 heavy (non-hydrogen) atoms. The molecule has 0 saturated heterocycles. The molecule has 1 aromatic heterocycles. The summed E-state index contributed by atoms with van der Waals surface area (Å²) in [5, 5.41) is 9.50. The first kappa shape index (κ1) is 28.4. The molecule has 0 bridgehead atoms. The Hall–Kier alpha value is -6.64. The van der Waals surface area contributed by atoms with E-state index in [1.54, 1.807) is 0 Å². The minimum Gasteiger partial charge on any atom is -0.455 e. The molecular formula is C48H31NO. The van der Waals surface area contributed by atoms with Gasteiger partial charge in [-0.1, -0.05) is 146 Å². The number of rotatable bonds is 5. The van der Waals surface area contributed by atoms with Crippen molar-refractivity contribution in [2.75, 3.05) is 4.90 Å². The van der Waals surface area contributed by atoms with Gasteiger partial charge in [-0.25, -0.2) is 0 Å². The number of furan rings is 1. The fraction of sp³-hybridized carbons (Fsp3) is 0. The minimum absolute atomic E-state index is 0.894. The standard InChI is InChI=1S/C48H31NO/c1-2-12-32(13-3-1)35-16-10-17-37(30-35)49(46-23-11-21-41-38-18-6-4-14-33(38)24-27-42(41)46)45-22-9-8-19-39(45)36-26-29-47-44(31-36)43-28-25-34-15-5-7-20-40(34)48(43)50-47/h1-31H. The second kappa shape index (κ2) is 11.5. The number of nitrogens with zero attached hydrogens (tertiary/aromatic N) is 1. The van der Waals surface area contributed by atoms with Crippen molar-refractivity contribution in [1.82, 2.24) is 0 Å². The maximum Gasteiger partial charge on any atom is 0.143 e. The predicted molar refractivity (Wildman–Crippen MR) is 212 cm³/mol. The summed E-state index contributed by atoms with van der Waals surface area (Å²) in [4.78, 5) is 2.43. The lowest BCUT2D eigenvalue weighted by atomic mass is 9.97. The van der Waals surface area contributed by atoms with E-state index in [-0.39, 0.29) is 0 Å². The number of benzene rings is 9. The molecule has 10 rings (SSSR count). The van der Waals surface area contributed by atoms with E-state index in [2.05, 4.69) is 193 Å². The summed E-state index contributed by atoms with van der Waals surface area (Å²) in [5.41, 5.74) is 9.82. The highest BCUT2D eigenvalue weighted by Gasteiger charge is 2.21. The van der Waals surface area contributed by atoms with Gasteiger partial charge in [0.15, 0.2) is 0 Å². The highest BCUT2D eigenvalue weighted by Crippen LogP contribution is 2.46. The quantitative estimate of drug-likeness (QED) is 0.175. The second-order valence-electron chi connectivity index (χ2n) is 12.9. The Morgan fingerprint density at radius 3 is 1.88 bits per heavy atom. The van der Waals surface area contributed by atoms with Crippen LogP contribution in [-0.4, -0.2) is 0 Å². The van der Waals surface area contributed by atoms with E-state index in [4.69, 9.17) is 4.42 Å². The molecule has 0 atom stereocenters. The van der Waals surface area contributed by atoms with Crippen molar-refractivity contribution < 1.29 is 4.42 Å². The van der Waals surface area contributed by atoms with Crippen molar-refractivity contribution in [2.45, 2.75) is 0 Å². The van der Waals surface area contributed by atoms with Gasteiger partial charge in [-0.05, 0) is 80.7 Å². The van der Waals surface area contributed by atoms with Gasteiger partial charge in [0, 0.05) is 32.8 Å². The van der Waals surface area contributed by atoms with Crippen LogP contribution in [0.2, 0.25) is 0 Å². The Labute approximate surface area is 290 Å². The molecule has 0 N–H and O–H groups in total. The molecule has 1 heterocycles. The molecule has 0 spiro atoms. The average Bonchev–Trinajstić information content (AvgIpc) is 3.57. The Kier molecular flexibility index (Phi) is 6.53.